The first kappa shape index (κ1) is 15.9. The molecule has 0 aromatic carbocycles. The van der Waals surface area contributed by atoms with Gasteiger partial charge >= 0.3 is 5.97 Å². The highest BCUT2D eigenvalue weighted by molar-refractivity contribution is 7.13. The van der Waals surface area contributed by atoms with E-state index in [4.69, 9.17) is 0 Å². The number of hydrogen-bond acceptors (Lipinski definition) is 5. The van der Waals surface area contributed by atoms with Gasteiger partial charge in [-0.25, -0.2) is 4.98 Å². The molecule has 1 aromatic heterocycles. The van der Waals surface area contributed by atoms with Crippen LogP contribution in [0.2, 0.25) is 0 Å². The molecule has 1 aromatic rings. The summed E-state index contributed by atoms with van der Waals surface area (Å²) in [5.41, 5.74) is 0.364. The van der Waals surface area contributed by atoms with Crippen molar-refractivity contribution >= 4 is 28.3 Å². The number of amides is 1. The van der Waals surface area contributed by atoms with Crippen LogP contribution in [0, 0.1) is 5.41 Å². The number of anilines is 1. The van der Waals surface area contributed by atoms with Gasteiger partial charge in [0.1, 0.15) is 0 Å². The van der Waals surface area contributed by atoms with Crippen molar-refractivity contribution in [3.05, 3.63) is 11.1 Å². The van der Waals surface area contributed by atoms with Crippen LogP contribution in [0.25, 0.3) is 0 Å². The van der Waals surface area contributed by atoms with Crippen LogP contribution in [-0.4, -0.2) is 40.0 Å². The number of carbonyl (C=O) groups excluding carboxylic acids is 1. The number of thiazole rings is 1. The summed E-state index contributed by atoms with van der Waals surface area (Å²) in [7, 11) is 0. The van der Waals surface area contributed by atoms with Gasteiger partial charge < -0.3 is 10.4 Å². The van der Waals surface area contributed by atoms with Gasteiger partial charge in [-0.2, -0.15) is 0 Å². The summed E-state index contributed by atoms with van der Waals surface area (Å²) in [5, 5.41) is 14.6. The Labute approximate surface area is 128 Å². The largest absolute Gasteiger partial charge is 0.481 e. The number of piperidine rings is 1. The summed E-state index contributed by atoms with van der Waals surface area (Å²) < 4.78 is 0. The first-order valence-corrected chi connectivity index (χ1v) is 8.01. The number of nitrogens with one attached hydrogen (secondary N) is 1. The molecular formula is C14H21N3O3S. The molecule has 21 heavy (non-hydrogen) atoms. The van der Waals surface area contributed by atoms with Crippen molar-refractivity contribution in [2.24, 2.45) is 5.41 Å². The molecule has 7 heteroatoms. The molecule has 0 saturated carbocycles. The van der Waals surface area contributed by atoms with Crippen molar-refractivity contribution < 1.29 is 14.7 Å². The molecule has 1 aliphatic rings. The molecule has 2 rings (SSSR count). The van der Waals surface area contributed by atoms with E-state index in [0.717, 1.165) is 18.8 Å². The number of aliphatic carboxylic acids is 1. The minimum atomic E-state index is -0.675. The van der Waals surface area contributed by atoms with Crippen LogP contribution in [0.5, 0.6) is 0 Å². The molecule has 1 fully saturated rings. The maximum Gasteiger partial charge on any atom is 0.309 e. The topological polar surface area (TPSA) is 82.5 Å². The Kier molecular flexibility index (Phi) is 4.95. The standard InChI is InChI=1S/C14H21N3O3S/c1-3-14(12(19)20)4-6-17(7-5-14)8-11-9-21-13(16-11)15-10(2)18/h9H,3-8H2,1-2H3,(H,19,20)(H,15,16,18). The van der Waals surface area contributed by atoms with Gasteiger partial charge in [0, 0.05) is 18.8 Å². The first-order valence-electron chi connectivity index (χ1n) is 7.13. The summed E-state index contributed by atoms with van der Waals surface area (Å²) in [4.78, 5) is 29.0. The van der Waals surface area contributed by atoms with Gasteiger partial charge in [-0.1, -0.05) is 6.92 Å². The molecule has 0 bridgehead atoms. The molecule has 1 saturated heterocycles. The van der Waals surface area contributed by atoms with Crippen molar-refractivity contribution in [1.82, 2.24) is 9.88 Å². The number of nitrogens with zero attached hydrogens (tertiary/aromatic N) is 2. The molecule has 1 aliphatic heterocycles. The lowest BCUT2D eigenvalue weighted by Crippen LogP contribution is -2.43. The van der Waals surface area contributed by atoms with E-state index >= 15 is 0 Å². The minimum Gasteiger partial charge on any atom is -0.481 e. The monoisotopic (exact) mass is 311 g/mol. The van der Waals surface area contributed by atoms with Crippen molar-refractivity contribution in [2.45, 2.75) is 39.7 Å². The zero-order valence-corrected chi connectivity index (χ0v) is 13.2. The van der Waals surface area contributed by atoms with Gasteiger partial charge in [0.05, 0.1) is 11.1 Å². The lowest BCUT2D eigenvalue weighted by atomic mass is 9.76. The Balaban J connectivity index is 1.90. The van der Waals surface area contributed by atoms with Gasteiger partial charge in [-0.3, -0.25) is 14.5 Å². The van der Waals surface area contributed by atoms with Crippen molar-refractivity contribution in [3.63, 3.8) is 0 Å². The number of carboxylic acids is 1. The molecule has 0 aliphatic carbocycles. The molecular weight excluding hydrogens is 290 g/mol. The van der Waals surface area contributed by atoms with Crippen LogP contribution in [0.1, 0.15) is 38.8 Å². The summed E-state index contributed by atoms with van der Waals surface area (Å²) in [5.74, 6) is -0.797. The van der Waals surface area contributed by atoms with Crippen molar-refractivity contribution in [2.75, 3.05) is 18.4 Å². The number of hydrogen-bond donors (Lipinski definition) is 2. The van der Waals surface area contributed by atoms with Crippen molar-refractivity contribution in [1.29, 1.82) is 0 Å². The maximum atomic E-state index is 11.4. The normalized spacial score (nSPS) is 18.4. The fourth-order valence-corrected chi connectivity index (χ4v) is 3.42. The van der Waals surface area contributed by atoms with Gasteiger partial charge in [0.2, 0.25) is 5.91 Å². The quantitative estimate of drug-likeness (QED) is 0.871. The molecule has 116 valence electrons. The van der Waals surface area contributed by atoms with E-state index < -0.39 is 11.4 Å². The highest BCUT2D eigenvalue weighted by atomic mass is 32.1. The summed E-state index contributed by atoms with van der Waals surface area (Å²) in [6.45, 7) is 5.65. The molecule has 1 amide bonds. The van der Waals surface area contributed by atoms with E-state index in [1.165, 1.54) is 18.3 Å². The summed E-state index contributed by atoms with van der Waals surface area (Å²) in [6, 6.07) is 0. The molecule has 2 heterocycles. The van der Waals surface area contributed by atoms with E-state index in [-0.39, 0.29) is 5.91 Å². The first-order chi connectivity index (χ1) is 9.95. The van der Waals surface area contributed by atoms with E-state index in [1.54, 1.807) is 0 Å². The van der Waals surface area contributed by atoms with Gasteiger partial charge in [-0.05, 0) is 32.4 Å². The fourth-order valence-electron chi connectivity index (χ4n) is 2.67. The van der Waals surface area contributed by atoms with E-state index in [1.807, 2.05) is 12.3 Å². The molecule has 0 radical (unpaired) electrons. The Hall–Kier alpha value is -1.47. The summed E-state index contributed by atoms with van der Waals surface area (Å²) in [6.07, 6.45) is 2.04. The lowest BCUT2D eigenvalue weighted by molar-refractivity contribution is -0.152. The average molecular weight is 311 g/mol. The van der Waals surface area contributed by atoms with Crippen LogP contribution in [0.15, 0.2) is 5.38 Å². The molecule has 2 N–H and O–H groups in total. The Morgan fingerprint density at radius 1 is 1.48 bits per heavy atom. The van der Waals surface area contributed by atoms with Gasteiger partial charge in [0.15, 0.2) is 5.13 Å². The SMILES string of the molecule is CCC1(C(=O)O)CCN(Cc2csc(NC(C)=O)n2)CC1. The third-order valence-corrected chi connectivity index (χ3v) is 4.97. The second-order valence-electron chi connectivity index (χ2n) is 5.54. The average Bonchev–Trinajstić information content (AvgIpc) is 2.86. The predicted molar refractivity (Wildman–Crippen MR) is 81.3 cm³/mol. The molecule has 0 atom stereocenters. The van der Waals surface area contributed by atoms with E-state index in [0.29, 0.717) is 30.9 Å². The fraction of sp³-hybridized carbons (Fsp3) is 0.643. The maximum absolute atomic E-state index is 11.4. The second-order valence-corrected chi connectivity index (χ2v) is 6.40. The Morgan fingerprint density at radius 3 is 2.67 bits per heavy atom. The van der Waals surface area contributed by atoms with Crippen LogP contribution >= 0.6 is 11.3 Å². The van der Waals surface area contributed by atoms with Crippen LogP contribution in [-0.2, 0) is 16.1 Å². The molecule has 6 nitrogen and oxygen atoms in total. The number of aromatic nitrogens is 1. The number of likely N-dealkylation sites (tertiary alicyclic amines) is 1. The highest BCUT2D eigenvalue weighted by Crippen LogP contribution is 2.35. The predicted octanol–water partition coefficient (Wildman–Crippen LogP) is 2.18. The smallest absolute Gasteiger partial charge is 0.309 e. The summed E-state index contributed by atoms with van der Waals surface area (Å²) >= 11 is 1.41. The third kappa shape index (κ3) is 3.79. The Morgan fingerprint density at radius 2 is 2.14 bits per heavy atom. The number of carbonyl (C=O) groups is 2. The zero-order valence-electron chi connectivity index (χ0n) is 12.4. The minimum absolute atomic E-state index is 0.122. The number of carboxylic acid groups (broad SMARTS) is 1. The van der Waals surface area contributed by atoms with Crippen molar-refractivity contribution in [3.8, 4) is 0 Å². The molecule has 0 unspecified atom stereocenters. The Bertz CT molecular complexity index is 521. The van der Waals surface area contributed by atoms with Crippen LogP contribution < -0.4 is 5.32 Å². The lowest BCUT2D eigenvalue weighted by Gasteiger charge is -2.38. The van der Waals surface area contributed by atoms with Gasteiger partial charge in [-0.15, -0.1) is 11.3 Å². The zero-order chi connectivity index (χ0) is 15.5. The second kappa shape index (κ2) is 6.53. The molecule has 0 spiro atoms. The number of rotatable bonds is 5. The van der Waals surface area contributed by atoms with E-state index in [2.05, 4.69) is 15.2 Å². The van der Waals surface area contributed by atoms with Gasteiger partial charge in [0.25, 0.3) is 0 Å². The van der Waals surface area contributed by atoms with Crippen LogP contribution in [0.4, 0.5) is 5.13 Å². The highest BCUT2D eigenvalue weighted by Gasteiger charge is 2.39. The third-order valence-electron chi connectivity index (χ3n) is 4.16. The van der Waals surface area contributed by atoms with E-state index in [9.17, 15) is 14.7 Å². The van der Waals surface area contributed by atoms with Crippen LogP contribution in [0.3, 0.4) is 0 Å².